The molecule has 0 spiro atoms. The smallest absolute Gasteiger partial charge is 0.129 e. The van der Waals surface area contributed by atoms with E-state index in [-0.39, 0.29) is 5.41 Å². The molecule has 0 radical (unpaired) electrons. The van der Waals surface area contributed by atoms with Gasteiger partial charge in [-0.15, -0.1) is 0 Å². The van der Waals surface area contributed by atoms with Gasteiger partial charge in [0.2, 0.25) is 0 Å². The molecule has 1 aromatic heterocycles. The Morgan fingerprint density at radius 1 is 1.24 bits per heavy atom. The highest BCUT2D eigenvalue weighted by atomic mass is 35.5. The summed E-state index contributed by atoms with van der Waals surface area (Å²) in [6, 6.07) is 7.90. The summed E-state index contributed by atoms with van der Waals surface area (Å²) in [4.78, 5) is 0. The average molecular weight is 304 g/mol. The largest absolute Gasteiger partial charge is 0.383 e. The highest BCUT2D eigenvalue weighted by molar-refractivity contribution is 6.30. The molecule has 1 saturated carbocycles. The third kappa shape index (κ3) is 2.55. The van der Waals surface area contributed by atoms with E-state index in [2.05, 4.69) is 13.0 Å². The van der Waals surface area contributed by atoms with Crippen LogP contribution in [0.4, 0.5) is 5.82 Å². The van der Waals surface area contributed by atoms with E-state index in [0.717, 1.165) is 27.7 Å². The Hall–Kier alpha value is -1.48. The molecule has 1 aromatic carbocycles. The standard InChI is InChI=1S/C17H22ClN3/c1-17(9-4-3-5-10-17)15-14(16(19)21(2)20-15)12-7-6-8-13(18)11-12/h6-8,11H,3-5,9-10,19H2,1-2H3. The molecule has 1 aliphatic carbocycles. The van der Waals surface area contributed by atoms with Crippen LogP contribution in [0.25, 0.3) is 11.1 Å². The third-order valence-electron chi connectivity index (χ3n) is 4.73. The van der Waals surface area contributed by atoms with Crippen LogP contribution in [0.1, 0.15) is 44.7 Å². The molecule has 1 heterocycles. The summed E-state index contributed by atoms with van der Waals surface area (Å²) in [6.45, 7) is 2.32. The average Bonchev–Trinajstić information content (AvgIpc) is 2.77. The minimum atomic E-state index is 0.116. The fraction of sp³-hybridized carbons (Fsp3) is 0.471. The summed E-state index contributed by atoms with van der Waals surface area (Å²) in [5, 5.41) is 5.49. The normalized spacial score (nSPS) is 17.9. The maximum absolute atomic E-state index is 6.31. The van der Waals surface area contributed by atoms with E-state index in [9.17, 15) is 0 Å². The van der Waals surface area contributed by atoms with Crippen LogP contribution in [0.2, 0.25) is 5.02 Å². The number of hydrogen-bond donors (Lipinski definition) is 1. The molecule has 1 aliphatic rings. The predicted molar refractivity (Wildman–Crippen MR) is 88.5 cm³/mol. The Balaban J connectivity index is 2.16. The molecule has 3 nitrogen and oxygen atoms in total. The maximum atomic E-state index is 6.31. The molecular formula is C17H22ClN3. The number of nitrogens with zero attached hydrogens (tertiary/aromatic N) is 2. The van der Waals surface area contributed by atoms with Crippen molar-refractivity contribution in [2.75, 3.05) is 5.73 Å². The number of nitrogen functional groups attached to an aromatic ring is 1. The van der Waals surface area contributed by atoms with Crippen molar-refractivity contribution in [2.24, 2.45) is 7.05 Å². The van der Waals surface area contributed by atoms with Crippen LogP contribution in [0, 0.1) is 0 Å². The zero-order valence-corrected chi connectivity index (χ0v) is 13.5. The second kappa shape index (κ2) is 5.38. The van der Waals surface area contributed by atoms with Gasteiger partial charge in [-0.1, -0.05) is 49.9 Å². The fourth-order valence-electron chi connectivity index (χ4n) is 3.46. The van der Waals surface area contributed by atoms with E-state index < -0.39 is 0 Å². The number of halogens is 1. The Kier molecular flexibility index (Phi) is 3.70. The zero-order valence-electron chi connectivity index (χ0n) is 12.7. The first-order valence-corrected chi connectivity index (χ1v) is 7.98. The van der Waals surface area contributed by atoms with E-state index in [1.807, 2.05) is 25.2 Å². The van der Waals surface area contributed by atoms with Crippen molar-refractivity contribution in [3.05, 3.63) is 35.0 Å². The lowest BCUT2D eigenvalue weighted by molar-refractivity contribution is 0.311. The lowest BCUT2D eigenvalue weighted by Crippen LogP contribution is -2.26. The van der Waals surface area contributed by atoms with Gasteiger partial charge in [-0.05, 0) is 30.5 Å². The monoisotopic (exact) mass is 303 g/mol. The first-order valence-electron chi connectivity index (χ1n) is 7.60. The third-order valence-corrected chi connectivity index (χ3v) is 4.97. The SMILES string of the molecule is Cn1nc(C2(C)CCCCC2)c(-c2cccc(Cl)c2)c1N. The molecule has 2 aromatic rings. The summed E-state index contributed by atoms with van der Waals surface area (Å²) in [5.74, 6) is 0.721. The first-order chi connectivity index (χ1) is 10.0. The van der Waals surface area contributed by atoms with Gasteiger partial charge in [-0.25, -0.2) is 0 Å². The Labute approximate surface area is 131 Å². The van der Waals surface area contributed by atoms with Crippen molar-refractivity contribution < 1.29 is 0 Å². The quantitative estimate of drug-likeness (QED) is 0.885. The van der Waals surface area contributed by atoms with E-state index in [4.69, 9.17) is 22.4 Å². The van der Waals surface area contributed by atoms with E-state index in [1.165, 1.54) is 32.1 Å². The highest BCUT2D eigenvalue weighted by Gasteiger charge is 2.35. The molecule has 112 valence electrons. The molecule has 0 amide bonds. The molecule has 2 N–H and O–H groups in total. The van der Waals surface area contributed by atoms with Gasteiger partial charge in [-0.3, -0.25) is 4.68 Å². The van der Waals surface area contributed by atoms with Crippen molar-refractivity contribution in [1.29, 1.82) is 0 Å². The number of hydrogen-bond acceptors (Lipinski definition) is 2. The van der Waals surface area contributed by atoms with Gasteiger partial charge < -0.3 is 5.73 Å². The van der Waals surface area contributed by atoms with Crippen molar-refractivity contribution in [1.82, 2.24) is 9.78 Å². The van der Waals surface area contributed by atoms with E-state index >= 15 is 0 Å². The first kappa shape index (κ1) is 14.5. The number of anilines is 1. The summed E-state index contributed by atoms with van der Waals surface area (Å²) >= 11 is 6.16. The van der Waals surface area contributed by atoms with Gasteiger partial charge in [0, 0.05) is 23.0 Å². The lowest BCUT2D eigenvalue weighted by Gasteiger charge is -2.33. The fourth-order valence-corrected chi connectivity index (χ4v) is 3.65. The molecule has 0 unspecified atom stereocenters. The zero-order chi connectivity index (χ0) is 15.0. The van der Waals surface area contributed by atoms with Gasteiger partial charge in [0.15, 0.2) is 0 Å². The molecule has 0 bridgehead atoms. The van der Waals surface area contributed by atoms with E-state index in [0.29, 0.717) is 0 Å². The van der Waals surface area contributed by atoms with Crippen molar-refractivity contribution in [3.63, 3.8) is 0 Å². The second-order valence-electron chi connectivity index (χ2n) is 6.36. The predicted octanol–water partition coefficient (Wildman–Crippen LogP) is 4.54. The highest BCUT2D eigenvalue weighted by Crippen LogP contribution is 2.44. The Morgan fingerprint density at radius 3 is 2.62 bits per heavy atom. The number of aryl methyl sites for hydroxylation is 1. The van der Waals surface area contributed by atoms with Crippen molar-refractivity contribution >= 4 is 17.4 Å². The van der Waals surface area contributed by atoms with Gasteiger partial charge in [0.25, 0.3) is 0 Å². The molecular weight excluding hydrogens is 282 g/mol. The summed E-state index contributed by atoms with van der Waals surface area (Å²) in [7, 11) is 1.92. The Morgan fingerprint density at radius 2 is 1.95 bits per heavy atom. The summed E-state index contributed by atoms with van der Waals surface area (Å²) in [5.41, 5.74) is 9.68. The van der Waals surface area contributed by atoms with Crippen LogP contribution in [0.5, 0.6) is 0 Å². The van der Waals surface area contributed by atoms with Gasteiger partial charge in [0.1, 0.15) is 5.82 Å². The molecule has 21 heavy (non-hydrogen) atoms. The maximum Gasteiger partial charge on any atom is 0.129 e. The van der Waals surface area contributed by atoms with Crippen LogP contribution >= 0.6 is 11.6 Å². The number of aromatic nitrogens is 2. The van der Waals surface area contributed by atoms with Gasteiger partial charge in [0.05, 0.1) is 5.69 Å². The van der Waals surface area contributed by atoms with E-state index in [1.54, 1.807) is 4.68 Å². The molecule has 0 aliphatic heterocycles. The molecule has 4 heteroatoms. The topological polar surface area (TPSA) is 43.8 Å². The summed E-state index contributed by atoms with van der Waals surface area (Å²) in [6.07, 6.45) is 6.21. The minimum absolute atomic E-state index is 0.116. The number of rotatable bonds is 2. The molecule has 0 atom stereocenters. The second-order valence-corrected chi connectivity index (χ2v) is 6.80. The van der Waals surface area contributed by atoms with Crippen LogP contribution in [-0.2, 0) is 12.5 Å². The van der Waals surface area contributed by atoms with Gasteiger partial charge >= 0.3 is 0 Å². The van der Waals surface area contributed by atoms with Crippen LogP contribution in [-0.4, -0.2) is 9.78 Å². The van der Waals surface area contributed by atoms with Crippen molar-refractivity contribution in [2.45, 2.75) is 44.4 Å². The van der Waals surface area contributed by atoms with Crippen molar-refractivity contribution in [3.8, 4) is 11.1 Å². The minimum Gasteiger partial charge on any atom is -0.383 e. The number of nitrogens with two attached hydrogens (primary N) is 1. The van der Waals surface area contributed by atoms with Crippen LogP contribution in [0.15, 0.2) is 24.3 Å². The van der Waals surface area contributed by atoms with Crippen LogP contribution in [0.3, 0.4) is 0 Å². The Bertz CT molecular complexity index is 654. The molecule has 1 fully saturated rings. The molecule has 0 saturated heterocycles. The number of benzene rings is 1. The van der Waals surface area contributed by atoms with Gasteiger partial charge in [-0.2, -0.15) is 5.10 Å². The lowest BCUT2D eigenvalue weighted by atomic mass is 9.72. The molecule has 3 rings (SSSR count). The summed E-state index contributed by atoms with van der Waals surface area (Å²) < 4.78 is 1.80. The van der Waals surface area contributed by atoms with Crippen LogP contribution < -0.4 is 5.73 Å².